The first kappa shape index (κ1) is 12.2. The molecule has 0 amide bonds. The van der Waals surface area contributed by atoms with Crippen LogP contribution < -0.4 is 0 Å². The Hall–Kier alpha value is -0.840. The molecule has 2 saturated heterocycles. The van der Waals surface area contributed by atoms with Crippen LogP contribution in [0.5, 0.6) is 0 Å². The highest BCUT2D eigenvalue weighted by Crippen LogP contribution is 2.28. The number of hydrogen-bond acceptors (Lipinski definition) is 4. The Bertz CT molecular complexity index is 375. The van der Waals surface area contributed by atoms with Gasteiger partial charge in [0.15, 0.2) is 0 Å². The summed E-state index contributed by atoms with van der Waals surface area (Å²) in [4.78, 5) is 4.89. The molecule has 1 aromatic heterocycles. The first-order valence-electron chi connectivity index (χ1n) is 6.82. The van der Waals surface area contributed by atoms with Gasteiger partial charge >= 0.3 is 0 Å². The van der Waals surface area contributed by atoms with Gasteiger partial charge in [0.2, 0.25) is 0 Å². The molecule has 3 heterocycles. The van der Waals surface area contributed by atoms with Crippen molar-refractivity contribution in [2.24, 2.45) is 0 Å². The molecule has 2 aliphatic heterocycles. The summed E-state index contributed by atoms with van der Waals surface area (Å²) >= 11 is 0. The van der Waals surface area contributed by atoms with Crippen molar-refractivity contribution in [1.29, 1.82) is 0 Å². The van der Waals surface area contributed by atoms with Crippen molar-refractivity contribution < 1.29 is 9.15 Å². The van der Waals surface area contributed by atoms with Crippen molar-refractivity contribution in [2.75, 3.05) is 39.8 Å². The third-order valence-corrected chi connectivity index (χ3v) is 4.04. The molecule has 0 bridgehead atoms. The zero-order valence-corrected chi connectivity index (χ0v) is 11.1. The smallest absolute Gasteiger partial charge is 0.0947 e. The summed E-state index contributed by atoms with van der Waals surface area (Å²) in [5, 5.41) is 0. The van der Waals surface area contributed by atoms with Gasteiger partial charge in [-0.15, -0.1) is 0 Å². The number of nitrogens with zero attached hydrogens (tertiary/aromatic N) is 2. The SMILES string of the molecule is CN1CCCC2(C1)CN(Cc1ccoc1)CCO2. The lowest BCUT2D eigenvalue weighted by atomic mass is 9.91. The summed E-state index contributed by atoms with van der Waals surface area (Å²) < 4.78 is 11.3. The van der Waals surface area contributed by atoms with Crippen molar-refractivity contribution in [3.8, 4) is 0 Å². The lowest BCUT2D eigenvalue weighted by Crippen LogP contribution is -2.58. The van der Waals surface area contributed by atoms with Crippen LogP contribution in [0.3, 0.4) is 0 Å². The number of piperidine rings is 1. The Morgan fingerprint density at radius 2 is 2.28 bits per heavy atom. The summed E-state index contributed by atoms with van der Waals surface area (Å²) in [7, 11) is 2.19. The zero-order chi connectivity index (χ0) is 12.4. The van der Waals surface area contributed by atoms with Crippen LogP contribution in [0.25, 0.3) is 0 Å². The van der Waals surface area contributed by atoms with Gasteiger partial charge in [-0.2, -0.15) is 0 Å². The van der Waals surface area contributed by atoms with Gasteiger partial charge in [0.25, 0.3) is 0 Å². The molecule has 0 aromatic carbocycles. The normalized spacial score (nSPS) is 30.9. The molecule has 0 saturated carbocycles. The fourth-order valence-electron chi connectivity index (χ4n) is 3.27. The standard InChI is InChI=1S/C14H22N2O2/c1-15-5-2-4-14(11-15)12-16(6-8-18-14)9-13-3-7-17-10-13/h3,7,10H,2,4-6,8-9,11-12H2,1H3. The van der Waals surface area contributed by atoms with Gasteiger partial charge in [0.05, 0.1) is 24.7 Å². The molecule has 4 heteroatoms. The van der Waals surface area contributed by atoms with Crippen molar-refractivity contribution in [2.45, 2.75) is 25.0 Å². The molecule has 1 unspecified atom stereocenters. The third-order valence-electron chi connectivity index (χ3n) is 4.04. The maximum atomic E-state index is 6.12. The van der Waals surface area contributed by atoms with E-state index in [0.717, 1.165) is 32.8 Å². The van der Waals surface area contributed by atoms with E-state index in [1.54, 1.807) is 6.26 Å². The number of likely N-dealkylation sites (N-methyl/N-ethyl adjacent to an activating group) is 1. The summed E-state index contributed by atoms with van der Waals surface area (Å²) in [6.45, 7) is 6.16. The van der Waals surface area contributed by atoms with Crippen molar-refractivity contribution in [1.82, 2.24) is 9.80 Å². The molecular formula is C14H22N2O2. The van der Waals surface area contributed by atoms with E-state index >= 15 is 0 Å². The molecular weight excluding hydrogens is 228 g/mol. The highest BCUT2D eigenvalue weighted by Gasteiger charge is 2.39. The summed E-state index contributed by atoms with van der Waals surface area (Å²) in [6, 6.07) is 2.05. The monoisotopic (exact) mass is 250 g/mol. The van der Waals surface area contributed by atoms with Crippen LogP contribution in [0.4, 0.5) is 0 Å². The number of furan rings is 1. The van der Waals surface area contributed by atoms with Crippen LogP contribution in [0.2, 0.25) is 0 Å². The molecule has 18 heavy (non-hydrogen) atoms. The van der Waals surface area contributed by atoms with E-state index in [0.29, 0.717) is 0 Å². The zero-order valence-electron chi connectivity index (χ0n) is 11.1. The van der Waals surface area contributed by atoms with Gasteiger partial charge in [-0.3, -0.25) is 4.90 Å². The second-order valence-electron chi connectivity index (χ2n) is 5.72. The maximum Gasteiger partial charge on any atom is 0.0947 e. The van der Waals surface area contributed by atoms with Crippen LogP contribution in [0, 0.1) is 0 Å². The van der Waals surface area contributed by atoms with Crippen molar-refractivity contribution >= 4 is 0 Å². The van der Waals surface area contributed by atoms with Gasteiger partial charge in [-0.05, 0) is 32.5 Å². The van der Waals surface area contributed by atoms with E-state index in [1.165, 1.54) is 24.9 Å². The molecule has 4 nitrogen and oxygen atoms in total. The van der Waals surface area contributed by atoms with E-state index in [4.69, 9.17) is 9.15 Å². The highest BCUT2D eigenvalue weighted by atomic mass is 16.5. The van der Waals surface area contributed by atoms with Crippen molar-refractivity contribution in [3.63, 3.8) is 0 Å². The number of likely N-dealkylation sites (tertiary alicyclic amines) is 1. The minimum Gasteiger partial charge on any atom is -0.472 e. The third kappa shape index (κ3) is 2.60. The van der Waals surface area contributed by atoms with Crippen LogP contribution in [0.15, 0.2) is 23.0 Å². The Labute approximate surface area is 108 Å². The average Bonchev–Trinajstić information content (AvgIpc) is 2.81. The largest absolute Gasteiger partial charge is 0.472 e. The van der Waals surface area contributed by atoms with Gasteiger partial charge in [-0.1, -0.05) is 0 Å². The molecule has 2 aliphatic rings. The Balaban J connectivity index is 1.64. The fraction of sp³-hybridized carbons (Fsp3) is 0.714. The van der Waals surface area contributed by atoms with Gasteiger partial charge in [-0.25, -0.2) is 0 Å². The number of morpholine rings is 1. The summed E-state index contributed by atoms with van der Waals surface area (Å²) in [5.41, 5.74) is 1.32. The Morgan fingerprint density at radius 1 is 1.33 bits per heavy atom. The minimum atomic E-state index is 0.0645. The van der Waals surface area contributed by atoms with Crippen LogP contribution >= 0.6 is 0 Å². The molecule has 3 rings (SSSR count). The molecule has 100 valence electrons. The number of ether oxygens (including phenoxy) is 1. The van der Waals surface area contributed by atoms with Gasteiger partial charge in [0, 0.05) is 31.7 Å². The molecule has 0 N–H and O–H groups in total. The van der Waals surface area contributed by atoms with Gasteiger partial charge in [0.1, 0.15) is 0 Å². The van der Waals surface area contributed by atoms with E-state index in [1.807, 2.05) is 6.26 Å². The molecule has 0 aliphatic carbocycles. The van der Waals surface area contributed by atoms with Crippen LogP contribution in [-0.4, -0.2) is 55.2 Å². The van der Waals surface area contributed by atoms with Crippen LogP contribution in [-0.2, 0) is 11.3 Å². The Kier molecular flexibility index (Phi) is 3.41. The van der Waals surface area contributed by atoms with Crippen LogP contribution in [0.1, 0.15) is 18.4 Å². The van der Waals surface area contributed by atoms with E-state index in [9.17, 15) is 0 Å². The summed E-state index contributed by atoms with van der Waals surface area (Å²) in [5.74, 6) is 0. The highest BCUT2D eigenvalue weighted by molar-refractivity contribution is 5.06. The number of rotatable bonds is 2. The number of hydrogen-bond donors (Lipinski definition) is 0. The van der Waals surface area contributed by atoms with E-state index < -0.39 is 0 Å². The second kappa shape index (κ2) is 5.03. The van der Waals surface area contributed by atoms with E-state index in [2.05, 4.69) is 22.9 Å². The lowest BCUT2D eigenvalue weighted by molar-refractivity contribution is -0.138. The van der Waals surface area contributed by atoms with E-state index in [-0.39, 0.29) is 5.60 Å². The average molecular weight is 250 g/mol. The minimum absolute atomic E-state index is 0.0645. The summed E-state index contributed by atoms with van der Waals surface area (Å²) in [6.07, 6.45) is 6.03. The first-order valence-corrected chi connectivity index (χ1v) is 6.82. The molecule has 1 atom stereocenters. The second-order valence-corrected chi connectivity index (χ2v) is 5.72. The molecule has 1 aromatic rings. The van der Waals surface area contributed by atoms with Gasteiger partial charge < -0.3 is 14.1 Å². The predicted octanol–water partition coefficient (Wildman–Crippen LogP) is 1.58. The molecule has 1 spiro atoms. The predicted molar refractivity (Wildman–Crippen MR) is 69.4 cm³/mol. The lowest BCUT2D eigenvalue weighted by Gasteiger charge is -2.47. The topological polar surface area (TPSA) is 28.9 Å². The fourth-order valence-corrected chi connectivity index (χ4v) is 3.27. The molecule has 2 fully saturated rings. The van der Waals surface area contributed by atoms with Crippen molar-refractivity contribution in [3.05, 3.63) is 24.2 Å². The first-order chi connectivity index (χ1) is 8.76. The quantitative estimate of drug-likeness (QED) is 0.797. The maximum absolute atomic E-state index is 6.12. The molecule has 0 radical (unpaired) electrons. The Morgan fingerprint density at radius 3 is 3.06 bits per heavy atom.